The van der Waals surface area contributed by atoms with Crippen molar-refractivity contribution in [1.29, 1.82) is 0 Å². The van der Waals surface area contributed by atoms with Gasteiger partial charge in [0, 0.05) is 74.1 Å². The second-order valence-corrected chi connectivity index (χ2v) is 20.4. The summed E-state index contributed by atoms with van der Waals surface area (Å²) in [6.45, 7) is 17.5. The average molecular weight is 1140 g/mol. The molecule has 3 aromatic carbocycles. The molecule has 1 amide bonds. The number of amides is 1. The van der Waals surface area contributed by atoms with Crippen LogP contribution in [0.3, 0.4) is 0 Å². The van der Waals surface area contributed by atoms with Crippen molar-refractivity contribution in [2.75, 3.05) is 187 Å². The second kappa shape index (κ2) is 33.9. The maximum absolute atomic E-state index is 13.0. The zero-order valence-electron chi connectivity index (χ0n) is 46.9. The fourth-order valence-electron chi connectivity index (χ4n) is 10.3. The van der Waals surface area contributed by atoms with E-state index in [0.717, 1.165) is 63.6 Å². The molecule has 3 aliphatic heterocycles. The number of carbonyl (C=O) groups is 1. The maximum atomic E-state index is 13.0. The number of nitro groups is 2. The summed E-state index contributed by atoms with van der Waals surface area (Å²) < 4.78 is 55.9. The van der Waals surface area contributed by atoms with Gasteiger partial charge in [0.25, 0.3) is 23.3 Å². The number of aliphatic hydroxyl groups is 1. The van der Waals surface area contributed by atoms with Gasteiger partial charge in [-0.2, -0.15) is 0 Å². The van der Waals surface area contributed by atoms with Gasteiger partial charge >= 0.3 is 0 Å². The Balaban J connectivity index is 0.603. The van der Waals surface area contributed by atoms with E-state index in [1.807, 2.05) is 12.1 Å². The van der Waals surface area contributed by atoms with Gasteiger partial charge in [0.1, 0.15) is 5.69 Å². The van der Waals surface area contributed by atoms with Crippen molar-refractivity contribution in [3.05, 3.63) is 104 Å². The van der Waals surface area contributed by atoms with Crippen LogP contribution in [0.15, 0.2) is 71.3 Å². The first-order valence-electron chi connectivity index (χ1n) is 28.2. The van der Waals surface area contributed by atoms with Gasteiger partial charge < -0.3 is 77.9 Å². The van der Waals surface area contributed by atoms with Gasteiger partial charge in [0.05, 0.1) is 147 Å². The molecule has 3 aliphatic rings. The molecular formula is C57H82N8O16. The number of rotatable bonds is 39. The zero-order valence-corrected chi connectivity index (χ0v) is 46.9. The van der Waals surface area contributed by atoms with Crippen LogP contribution in [-0.2, 0) is 48.0 Å². The summed E-state index contributed by atoms with van der Waals surface area (Å²) in [5.41, 5.74) is 4.93. The molecule has 0 radical (unpaired) electrons. The SMILES string of the molecule is Cc1ccc2c(c1)NC[C@]21CCN(C[C@@H](O)C2CCN(c3ncc(-c4cccc(C(=O)NCCOCCOCCOCCOCCOCCOCCOCCOCCOCCNc5ccc([N+](=O)[O-])cc5[N+](=O)[O-])c4)o3)CC2)C[C@H]1C. The lowest BCUT2D eigenvalue weighted by Crippen LogP contribution is -2.52. The molecule has 2 saturated heterocycles. The first kappa shape index (κ1) is 62.7. The average Bonchev–Trinajstić information content (AvgIpc) is 4.29. The summed E-state index contributed by atoms with van der Waals surface area (Å²) in [6, 6.07) is 18.1. The summed E-state index contributed by atoms with van der Waals surface area (Å²) in [5.74, 6) is 1.11. The van der Waals surface area contributed by atoms with Crippen molar-refractivity contribution in [2.24, 2.45) is 11.8 Å². The summed E-state index contributed by atoms with van der Waals surface area (Å²) in [5, 5.41) is 42.9. The number of β-amino-alcohol motifs (C(OH)–C–C–N with tert-alkyl or cyclic N) is 1. The molecule has 81 heavy (non-hydrogen) atoms. The van der Waals surface area contributed by atoms with E-state index in [2.05, 4.69) is 62.8 Å². The van der Waals surface area contributed by atoms with Crippen LogP contribution in [0.2, 0.25) is 0 Å². The molecular weight excluding hydrogens is 1050 g/mol. The van der Waals surface area contributed by atoms with Crippen molar-refractivity contribution >= 4 is 34.7 Å². The number of hydrogen-bond donors (Lipinski definition) is 4. The maximum Gasteiger partial charge on any atom is 0.299 e. The number of anilines is 3. The number of nitro benzene ring substituents is 2. The fourth-order valence-corrected chi connectivity index (χ4v) is 10.3. The molecule has 1 aromatic heterocycles. The van der Waals surface area contributed by atoms with Crippen molar-refractivity contribution in [3.63, 3.8) is 0 Å². The number of piperidine rings is 2. The van der Waals surface area contributed by atoms with Crippen LogP contribution in [0.1, 0.15) is 47.7 Å². The van der Waals surface area contributed by atoms with E-state index in [0.29, 0.717) is 149 Å². The highest BCUT2D eigenvalue weighted by molar-refractivity contribution is 5.95. The first-order chi connectivity index (χ1) is 39.5. The predicted octanol–water partition coefficient (Wildman–Crippen LogP) is 5.74. The molecule has 4 N–H and O–H groups in total. The van der Waals surface area contributed by atoms with Crippen LogP contribution in [0.4, 0.5) is 28.8 Å². The Morgan fingerprint density at radius 2 is 1.33 bits per heavy atom. The molecule has 0 bridgehead atoms. The number of oxazole rings is 1. The Kier molecular flexibility index (Phi) is 26.2. The zero-order chi connectivity index (χ0) is 57.1. The van der Waals surface area contributed by atoms with Crippen LogP contribution in [0, 0.1) is 39.0 Å². The molecule has 0 unspecified atom stereocenters. The van der Waals surface area contributed by atoms with Crippen LogP contribution in [0.25, 0.3) is 11.3 Å². The molecule has 24 nitrogen and oxygen atoms in total. The predicted molar refractivity (Wildman–Crippen MR) is 302 cm³/mol. The minimum Gasteiger partial charge on any atom is -0.423 e. The van der Waals surface area contributed by atoms with Gasteiger partial charge in [-0.3, -0.25) is 25.0 Å². The molecule has 7 rings (SSSR count). The van der Waals surface area contributed by atoms with Gasteiger partial charge in [0.2, 0.25) is 0 Å². The molecule has 1 spiro atoms. The summed E-state index contributed by atoms with van der Waals surface area (Å²) in [7, 11) is 0. The third-order valence-corrected chi connectivity index (χ3v) is 14.8. The lowest BCUT2D eigenvalue weighted by atomic mass is 9.67. The number of aliphatic hydroxyl groups excluding tert-OH is 1. The van der Waals surface area contributed by atoms with Crippen molar-refractivity contribution < 1.29 is 66.8 Å². The number of aryl methyl sites for hydroxylation is 1. The topological polar surface area (TPSA) is 275 Å². The van der Waals surface area contributed by atoms with E-state index in [1.165, 1.54) is 28.9 Å². The third-order valence-electron chi connectivity index (χ3n) is 14.8. The van der Waals surface area contributed by atoms with E-state index in [1.54, 1.807) is 18.3 Å². The Morgan fingerprint density at radius 3 is 1.90 bits per heavy atom. The Hall–Kier alpha value is -5.90. The van der Waals surface area contributed by atoms with Gasteiger partial charge in [-0.25, -0.2) is 4.98 Å². The summed E-state index contributed by atoms with van der Waals surface area (Å²) in [6.07, 6.45) is 4.16. The van der Waals surface area contributed by atoms with E-state index in [9.17, 15) is 30.1 Å². The number of ether oxygens (including phenoxy) is 9. The molecule has 0 aliphatic carbocycles. The number of fused-ring (bicyclic) bond motifs is 2. The molecule has 24 heteroatoms. The number of benzene rings is 3. The monoisotopic (exact) mass is 1130 g/mol. The standard InChI is InChI=1S/C57H82N8O16/c1-43-6-8-49-51(36-43)61-42-57(49)12-17-62(40-44(57)2)41-53(66)45-10-15-63(16-11-45)56-60-39-54(81-56)46-4-3-5-47(37-46)55(67)59-14-19-73-21-23-75-25-27-77-29-31-79-33-35-80-34-32-78-30-28-76-26-24-74-22-20-72-18-13-58-50-9-7-48(64(68)69)38-52(50)65(70)71/h3-9,36-39,44-45,53,58,61,66H,10-35,40-42H2,1-2H3,(H,59,67)/t44-,53-,57+/m1/s1. The Morgan fingerprint density at radius 1 is 0.753 bits per heavy atom. The number of carbonyl (C=O) groups excluding carboxylic acids is 1. The highest BCUT2D eigenvalue weighted by Crippen LogP contribution is 2.47. The highest BCUT2D eigenvalue weighted by atomic mass is 16.6. The van der Waals surface area contributed by atoms with Crippen molar-refractivity contribution in [3.8, 4) is 11.3 Å². The normalized spacial score (nSPS) is 17.8. The molecule has 0 saturated carbocycles. The highest BCUT2D eigenvalue weighted by Gasteiger charge is 2.46. The van der Waals surface area contributed by atoms with Gasteiger partial charge in [0.15, 0.2) is 5.76 Å². The number of likely N-dealkylation sites (tertiary alicyclic amines) is 1. The van der Waals surface area contributed by atoms with Crippen LogP contribution in [-0.4, -0.2) is 208 Å². The van der Waals surface area contributed by atoms with Crippen LogP contribution in [0.5, 0.6) is 0 Å². The number of hydrogen-bond acceptors (Lipinski definition) is 21. The van der Waals surface area contributed by atoms with Crippen molar-refractivity contribution in [1.82, 2.24) is 15.2 Å². The van der Waals surface area contributed by atoms with Gasteiger partial charge in [-0.1, -0.05) is 31.2 Å². The van der Waals surface area contributed by atoms with Crippen LogP contribution >= 0.6 is 0 Å². The number of non-ortho nitro benzene ring substituents is 1. The van der Waals surface area contributed by atoms with E-state index in [-0.39, 0.29) is 53.6 Å². The molecule has 2 fully saturated rings. The van der Waals surface area contributed by atoms with Crippen molar-refractivity contribution in [2.45, 2.75) is 44.6 Å². The van der Waals surface area contributed by atoms with E-state index < -0.39 is 9.85 Å². The molecule has 4 aromatic rings. The Bertz CT molecular complexity index is 2530. The third kappa shape index (κ3) is 19.9. The van der Waals surface area contributed by atoms with E-state index in [4.69, 9.17) is 47.0 Å². The number of aromatic nitrogens is 1. The van der Waals surface area contributed by atoms with E-state index >= 15 is 0 Å². The molecule has 446 valence electrons. The fraction of sp³-hybridized carbons (Fsp3) is 0.614. The lowest BCUT2D eigenvalue weighted by molar-refractivity contribution is -0.393. The summed E-state index contributed by atoms with van der Waals surface area (Å²) >= 11 is 0. The largest absolute Gasteiger partial charge is 0.423 e. The minimum absolute atomic E-state index is 0.166. The lowest BCUT2D eigenvalue weighted by Gasteiger charge is -2.46. The molecule has 3 atom stereocenters. The first-order valence-corrected chi connectivity index (χ1v) is 28.2. The van der Waals surface area contributed by atoms with Crippen LogP contribution < -0.4 is 20.9 Å². The molecule has 4 heterocycles. The van der Waals surface area contributed by atoms with Gasteiger partial charge in [-0.15, -0.1) is 0 Å². The number of nitrogens with zero attached hydrogens (tertiary/aromatic N) is 5. The second-order valence-electron chi connectivity index (χ2n) is 20.4. The summed E-state index contributed by atoms with van der Waals surface area (Å²) in [4.78, 5) is 42.9. The number of nitrogens with one attached hydrogen (secondary N) is 3. The Labute approximate surface area is 473 Å². The quantitative estimate of drug-likeness (QED) is 0.0235. The minimum atomic E-state index is -0.683. The smallest absolute Gasteiger partial charge is 0.299 e. The van der Waals surface area contributed by atoms with Gasteiger partial charge in [-0.05, 0) is 80.0 Å².